The van der Waals surface area contributed by atoms with Crippen molar-refractivity contribution in [2.45, 2.75) is 17.7 Å². The molecule has 1 unspecified atom stereocenters. The summed E-state index contributed by atoms with van der Waals surface area (Å²) < 4.78 is 33.5. The number of ether oxygens (including phenoxy) is 1. The molecule has 0 fully saturated rings. The van der Waals surface area contributed by atoms with Crippen molar-refractivity contribution in [2.24, 2.45) is 0 Å². The van der Waals surface area contributed by atoms with Crippen LogP contribution in [0.1, 0.15) is 28.2 Å². The normalized spacial score (nSPS) is 14.5. The van der Waals surface area contributed by atoms with Crippen LogP contribution in [0.5, 0.6) is 11.6 Å². The van der Waals surface area contributed by atoms with Crippen LogP contribution in [0.4, 0.5) is 0 Å². The standard InChI is InChI=1S/C28H21ClN4O3S/c1-17-10-13-19(14-11-17)37(34,35)32-33-16-31-28-26(27(33)30)25(21-8-4-5-9-22(21)29)24-20-7-3-2-6-18(20)12-15-23(24)36-28/h2-16,25,30,32H,1H3. The second-order valence-electron chi connectivity index (χ2n) is 8.84. The summed E-state index contributed by atoms with van der Waals surface area (Å²) in [6, 6.07) is 25.7. The van der Waals surface area contributed by atoms with Gasteiger partial charge in [0.25, 0.3) is 10.0 Å². The van der Waals surface area contributed by atoms with Gasteiger partial charge in [-0.3, -0.25) is 5.41 Å². The minimum atomic E-state index is -3.98. The van der Waals surface area contributed by atoms with Gasteiger partial charge in [-0.2, -0.15) is 8.42 Å². The fraction of sp³-hybridized carbons (Fsp3) is 0.0714. The van der Waals surface area contributed by atoms with Gasteiger partial charge in [-0.15, -0.1) is 0 Å². The van der Waals surface area contributed by atoms with Crippen molar-refractivity contribution < 1.29 is 13.2 Å². The minimum absolute atomic E-state index is 0.0814. The number of benzene rings is 4. The molecule has 9 heteroatoms. The zero-order chi connectivity index (χ0) is 25.7. The Morgan fingerprint density at radius 2 is 1.68 bits per heavy atom. The molecule has 4 aromatic carbocycles. The second kappa shape index (κ2) is 8.76. The average Bonchev–Trinajstić information content (AvgIpc) is 2.90. The van der Waals surface area contributed by atoms with E-state index in [2.05, 4.69) is 9.82 Å². The van der Waals surface area contributed by atoms with Gasteiger partial charge in [-0.05, 0) is 47.5 Å². The Kier molecular flexibility index (Phi) is 5.51. The van der Waals surface area contributed by atoms with Crippen molar-refractivity contribution in [1.82, 2.24) is 9.66 Å². The summed E-state index contributed by atoms with van der Waals surface area (Å²) in [6.07, 6.45) is 1.24. The Morgan fingerprint density at radius 3 is 2.46 bits per heavy atom. The number of nitrogens with one attached hydrogen (secondary N) is 2. The van der Waals surface area contributed by atoms with E-state index in [0.29, 0.717) is 16.3 Å². The van der Waals surface area contributed by atoms with Crippen molar-refractivity contribution in [3.05, 3.63) is 124 Å². The number of hydrogen-bond acceptors (Lipinski definition) is 5. The Morgan fingerprint density at radius 1 is 0.946 bits per heavy atom. The Labute approximate surface area is 218 Å². The molecule has 1 aromatic heterocycles. The van der Waals surface area contributed by atoms with E-state index >= 15 is 0 Å². The third kappa shape index (κ3) is 3.94. The van der Waals surface area contributed by atoms with E-state index < -0.39 is 15.9 Å². The van der Waals surface area contributed by atoms with Crippen LogP contribution in [-0.2, 0) is 10.0 Å². The molecule has 0 saturated heterocycles. The van der Waals surface area contributed by atoms with Crippen LogP contribution in [0.3, 0.4) is 0 Å². The maximum Gasteiger partial charge on any atom is 0.275 e. The van der Waals surface area contributed by atoms with E-state index in [1.165, 1.54) is 18.5 Å². The van der Waals surface area contributed by atoms with Gasteiger partial charge in [0.2, 0.25) is 5.88 Å². The van der Waals surface area contributed by atoms with E-state index in [0.717, 1.165) is 32.1 Å². The quantitative estimate of drug-likeness (QED) is 0.307. The third-order valence-corrected chi connectivity index (χ3v) is 8.17. The van der Waals surface area contributed by atoms with Crippen LogP contribution in [0.25, 0.3) is 10.8 Å². The van der Waals surface area contributed by atoms with Crippen molar-refractivity contribution in [3.63, 3.8) is 0 Å². The number of aromatic nitrogens is 2. The molecule has 0 aliphatic carbocycles. The smallest absolute Gasteiger partial charge is 0.275 e. The van der Waals surface area contributed by atoms with Crippen molar-refractivity contribution in [3.8, 4) is 11.6 Å². The molecule has 1 aliphatic rings. The lowest BCUT2D eigenvalue weighted by atomic mass is 9.81. The summed E-state index contributed by atoms with van der Waals surface area (Å²) in [7, 11) is -3.98. The molecule has 0 amide bonds. The number of halogens is 1. The van der Waals surface area contributed by atoms with Crippen molar-refractivity contribution in [1.29, 1.82) is 5.41 Å². The first-order valence-corrected chi connectivity index (χ1v) is 13.4. The van der Waals surface area contributed by atoms with Gasteiger partial charge in [0.15, 0.2) is 5.49 Å². The van der Waals surface area contributed by atoms with Gasteiger partial charge in [0.1, 0.15) is 12.1 Å². The summed E-state index contributed by atoms with van der Waals surface area (Å²) in [5.74, 6) is 0.319. The molecule has 5 aromatic rings. The predicted octanol–water partition coefficient (Wildman–Crippen LogP) is 5.70. The highest BCUT2D eigenvalue weighted by Crippen LogP contribution is 2.49. The molecule has 2 heterocycles. The topological polar surface area (TPSA) is 97.1 Å². The van der Waals surface area contributed by atoms with E-state index in [4.69, 9.17) is 21.7 Å². The molecule has 2 N–H and O–H groups in total. The van der Waals surface area contributed by atoms with Crippen molar-refractivity contribution >= 4 is 32.4 Å². The minimum Gasteiger partial charge on any atom is -0.438 e. The van der Waals surface area contributed by atoms with Crippen molar-refractivity contribution in [2.75, 3.05) is 4.83 Å². The Bertz CT molecular complexity index is 1850. The first-order valence-electron chi connectivity index (χ1n) is 11.5. The maximum absolute atomic E-state index is 13.1. The zero-order valence-corrected chi connectivity index (χ0v) is 21.2. The molecule has 1 aliphatic heterocycles. The van der Waals surface area contributed by atoms with E-state index in [1.807, 2.05) is 61.5 Å². The summed E-state index contributed by atoms with van der Waals surface area (Å²) >= 11 is 6.69. The SMILES string of the molecule is Cc1ccc(S(=O)(=O)Nn2cnc3c(c2=N)C(c2ccccc2Cl)c2c(ccc4ccccc24)O3)cc1. The highest BCUT2D eigenvalue weighted by molar-refractivity contribution is 7.92. The molecule has 184 valence electrons. The molecule has 0 spiro atoms. The van der Waals surface area contributed by atoms with Crippen LogP contribution < -0.4 is 15.1 Å². The molecular formula is C28H21ClN4O3S. The molecule has 6 rings (SSSR count). The number of hydrogen-bond donors (Lipinski definition) is 2. The molecule has 1 atom stereocenters. The van der Waals surface area contributed by atoms with Gasteiger partial charge >= 0.3 is 0 Å². The lowest BCUT2D eigenvalue weighted by molar-refractivity contribution is 0.427. The number of nitrogens with zero attached hydrogens (tertiary/aromatic N) is 2. The summed E-state index contributed by atoms with van der Waals surface area (Å²) in [6.45, 7) is 1.88. The lowest BCUT2D eigenvalue weighted by Crippen LogP contribution is -2.37. The fourth-order valence-electron chi connectivity index (χ4n) is 4.71. The first-order chi connectivity index (χ1) is 17.8. The highest BCUT2D eigenvalue weighted by Gasteiger charge is 2.35. The van der Waals surface area contributed by atoms with Gasteiger partial charge in [0, 0.05) is 16.5 Å². The monoisotopic (exact) mass is 528 g/mol. The fourth-order valence-corrected chi connectivity index (χ4v) is 5.95. The number of aryl methyl sites for hydroxylation is 1. The Hall–Kier alpha value is -4.14. The molecule has 37 heavy (non-hydrogen) atoms. The molecule has 7 nitrogen and oxygen atoms in total. The van der Waals surface area contributed by atoms with Gasteiger partial charge in [-0.25, -0.2) is 14.5 Å². The second-order valence-corrected chi connectivity index (χ2v) is 10.9. The van der Waals surface area contributed by atoms with E-state index in [9.17, 15) is 8.42 Å². The van der Waals surface area contributed by atoms with Gasteiger partial charge in [-0.1, -0.05) is 77.8 Å². The summed E-state index contributed by atoms with van der Waals surface area (Å²) in [5.41, 5.74) is 2.85. The third-order valence-electron chi connectivity index (χ3n) is 6.50. The number of sulfonamides is 1. The largest absolute Gasteiger partial charge is 0.438 e. The first kappa shape index (κ1) is 23.3. The lowest BCUT2D eigenvalue weighted by Gasteiger charge is -2.30. The number of fused-ring (bicyclic) bond motifs is 4. The van der Waals surface area contributed by atoms with Crippen LogP contribution in [0.15, 0.2) is 96.2 Å². The van der Waals surface area contributed by atoms with Gasteiger partial charge < -0.3 is 4.74 Å². The molecular weight excluding hydrogens is 508 g/mol. The Balaban J connectivity index is 1.57. The van der Waals surface area contributed by atoms with E-state index in [1.54, 1.807) is 18.2 Å². The average molecular weight is 529 g/mol. The van der Waals surface area contributed by atoms with Crippen LogP contribution >= 0.6 is 11.6 Å². The molecule has 0 bridgehead atoms. The number of rotatable bonds is 4. The molecule has 0 saturated carbocycles. The van der Waals surface area contributed by atoms with Gasteiger partial charge in [0.05, 0.1) is 10.5 Å². The van der Waals surface area contributed by atoms with E-state index in [-0.39, 0.29) is 16.3 Å². The molecule has 0 radical (unpaired) electrons. The summed E-state index contributed by atoms with van der Waals surface area (Å²) in [5, 5.41) is 11.6. The van der Waals surface area contributed by atoms with Crippen LogP contribution in [-0.4, -0.2) is 18.1 Å². The predicted molar refractivity (Wildman–Crippen MR) is 142 cm³/mol. The van der Waals surface area contributed by atoms with Crippen LogP contribution in [0, 0.1) is 12.3 Å². The maximum atomic E-state index is 13.1. The zero-order valence-electron chi connectivity index (χ0n) is 19.6. The summed E-state index contributed by atoms with van der Waals surface area (Å²) in [4.78, 5) is 6.96. The van der Waals surface area contributed by atoms with Crippen LogP contribution in [0.2, 0.25) is 5.02 Å². The highest BCUT2D eigenvalue weighted by atomic mass is 35.5.